The molecular formula is C12H8N6. The first kappa shape index (κ1) is 10.4. The highest BCUT2D eigenvalue weighted by Crippen LogP contribution is 2.20. The fraction of sp³-hybridized carbons (Fsp3) is 0. The summed E-state index contributed by atoms with van der Waals surface area (Å²) >= 11 is 0. The first-order valence-corrected chi connectivity index (χ1v) is 5.33. The second-order valence-electron chi connectivity index (χ2n) is 3.59. The Morgan fingerprint density at radius 1 is 0.556 bits per heavy atom. The van der Waals surface area contributed by atoms with E-state index in [1.54, 1.807) is 12.4 Å². The molecule has 0 radical (unpaired) electrons. The lowest BCUT2D eigenvalue weighted by Gasteiger charge is -2.01. The van der Waals surface area contributed by atoms with Crippen molar-refractivity contribution in [2.45, 2.75) is 0 Å². The molecule has 0 saturated carbocycles. The van der Waals surface area contributed by atoms with Crippen LogP contribution in [-0.2, 0) is 0 Å². The van der Waals surface area contributed by atoms with Crippen molar-refractivity contribution in [2.24, 2.45) is 0 Å². The van der Waals surface area contributed by atoms with E-state index in [1.165, 1.54) is 0 Å². The molecular weight excluding hydrogens is 228 g/mol. The molecule has 6 heteroatoms. The Morgan fingerprint density at radius 3 is 1.33 bits per heavy atom. The molecule has 0 atom stereocenters. The van der Waals surface area contributed by atoms with Gasteiger partial charge in [0.2, 0.25) is 0 Å². The monoisotopic (exact) mass is 236 g/mol. The van der Waals surface area contributed by atoms with Gasteiger partial charge in [0.15, 0.2) is 0 Å². The van der Waals surface area contributed by atoms with Crippen LogP contribution >= 0.6 is 0 Å². The van der Waals surface area contributed by atoms with E-state index in [0.717, 1.165) is 22.5 Å². The van der Waals surface area contributed by atoms with Gasteiger partial charge in [-0.25, -0.2) is 0 Å². The Morgan fingerprint density at radius 2 is 1.00 bits per heavy atom. The van der Waals surface area contributed by atoms with Crippen molar-refractivity contribution in [1.82, 2.24) is 30.8 Å². The van der Waals surface area contributed by atoms with Crippen LogP contribution in [0.25, 0.3) is 22.5 Å². The number of hydrogen-bond donors (Lipinski definition) is 0. The lowest BCUT2D eigenvalue weighted by atomic mass is 10.1. The highest BCUT2D eigenvalue weighted by molar-refractivity contribution is 5.65. The Bertz CT molecular complexity index is 565. The van der Waals surface area contributed by atoms with Crippen LogP contribution in [0.15, 0.2) is 48.8 Å². The van der Waals surface area contributed by atoms with Crippen LogP contribution < -0.4 is 0 Å². The lowest BCUT2D eigenvalue weighted by Crippen LogP contribution is -1.91. The summed E-state index contributed by atoms with van der Waals surface area (Å²) in [5.41, 5.74) is 3.54. The van der Waals surface area contributed by atoms with Gasteiger partial charge >= 0.3 is 0 Å². The van der Waals surface area contributed by atoms with Crippen LogP contribution in [0.2, 0.25) is 0 Å². The van der Waals surface area contributed by atoms with Gasteiger partial charge in [0.05, 0.1) is 23.8 Å². The van der Waals surface area contributed by atoms with Crippen LogP contribution in [-0.4, -0.2) is 30.8 Å². The van der Waals surface area contributed by atoms with E-state index in [4.69, 9.17) is 0 Å². The number of hydrogen-bond acceptors (Lipinski definition) is 6. The van der Waals surface area contributed by atoms with E-state index in [2.05, 4.69) is 30.8 Å². The highest BCUT2D eigenvalue weighted by atomic mass is 15.3. The van der Waals surface area contributed by atoms with Gasteiger partial charge < -0.3 is 0 Å². The quantitative estimate of drug-likeness (QED) is 0.669. The predicted octanol–water partition coefficient (Wildman–Crippen LogP) is 1.39. The molecule has 0 aliphatic carbocycles. The first-order chi connectivity index (χ1) is 8.93. The van der Waals surface area contributed by atoms with E-state index in [0.29, 0.717) is 0 Å². The summed E-state index contributed by atoms with van der Waals surface area (Å²) in [5.74, 6) is 0. The van der Waals surface area contributed by atoms with E-state index < -0.39 is 0 Å². The summed E-state index contributed by atoms with van der Waals surface area (Å²) < 4.78 is 0. The summed E-state index contributed by atoms with van der Waals surface area (Å²) in [6, 6.07) is 11.5. The van der Waals surface area contributed by atoms with Crippen molar-refractivity contribution >= 4 is 0 Å². The topological polar surface area (TPSA) is 77.3 Å². The van der Waals surface area contributed by atoms with Gasteiger partial charge in [-0.05, 0) is 22.6 Å². The van der Waals surface area contributed by atoms with Crippen LogP contribution in [0.3, 0.4) is 0 Å². The zero-order chi connectivity index (χ0) is 12.2. The Labute approximate surface area is 103 Å². The second-order valence-corrected chi connectivity index (χ2v) is 3.59. The summed E-state index contributed by atoms with van der Waals surface area (Å²) in [7, 11) is 0. The molecule has 0 amide bonds. The van der Waals surface area contributed by atoms with E-state index >= 15 is 0 Å². The summed E-state index contributed by atoms with van der Waals surface area (Å²) in [5, 5.41) is 22.4. The van der Waals surface area contributed by atoms with E-state index in [1.807, 2.05) is 36.4 Å². The minimum Gasteiger partial charge on any atom is -0.139 e. The molecule has 18 heavy (non-hydrogen) atoms. The van der Waals surface area contributed by atoms with Gasteiger partial charge in [0.25, 0.3) is 0 Å². The smallest absolute Gasteiger partial charge is 0.0963 e. The molecule has 2 heterocycles. The fourth-order valence-corrected chi connectivity index (χ4v) is 1.60. The average molecular weight is 236 g/mol. The molecule has 0 aliphatic heterocycles. The summed E-state index contributed by atoms with van der Waals surface area (Å²) in [4.78, 5) is 0. The normalized spacial score (nSPS) is 10.2. The van der Waals surface area contributed by atoms with E-state index in [-0.39, 0.29) is 0 Å². The van der Waals surface area contributed by atoms with Crippen molar-refractivity contribution < 1.29 is 0 Å². The van der Waals surface area contributed by atoms with Gasteiger partial charge in [-0.3, -0.25) is 0 Å². The molecule has 86 valence electrons. The van der Waals surface area contributed by atoms with Crippen LogP contribution in [0.1, 0.15) is 0 Å². The lowest BCUT2D eigenvalue weighted by molar-refractivity contribution is 0.869. The first-order valence-electron chi connectivity index (χ1n) is 5.33. The Kier molecular flexibility index (Phi) is 2.67. The zero-order valence-corrected chi connectivity index (χ0v) is 9.30. The summed E-state index contributed by atoms with van der Waals surface area (Å²) in [6.45, 7) is 0. The largest absolute Gasteiger partial charge is 0.139 e. The molecule has 0 saturated heterocycles. The molecule has 3 rings (SSSR count). The Balaban J connectivity index is 1.95. The third-order valence-electron chi connectivity index (χ3n) is 2.48. The standard InChI is InChI=1S/C12H8N6/c1-2-10(12-6-8-14-18-16-12)4-3-9(1)11-5-7-13-17-15-11/h1-8H. The maximum absolute atomic E-state index is 3.95. The third-order valence-corrected chi connectivity index (χ3v) is 2.48. The van der Waals surface area contributed by atoms with E-state index in [9.17, 15) is 0 Å². The second kappa shape index (κ2) is 4.62. The molecule has 0 aliphatic rings. The van der Waals surface area contributed by atoms with Gasteiger partial charge in [0, 0.05) is 11.1 Å². The number of benzene rings is 1. The maximum atomic E-state index is 3.95. The molecule has 0 N–H and O–H groups in total. The maximum Gasteiger partial charge on any atom is 0.0963 e. The SMILES string of the molecule is c1cc(-c2ccc(-c3ccnnn3)cc2)nnn1. The van der Waals surface area contributed by atoms with Crippen molar-refractivity contribution in [3.8, 4) is 22.5 Å². The van der Waals surface area contributed by atoms with Gasteiger partial charge in [0.1, 0.15) is 0 Å². The molecule has 0 bridgehead atoms. The molecule has 3 aromatic rings. The highest BCUT2D eigenvalue weighted by Gasteiger charge is 2.02. The molecule has 0 spiro atoms. The molecule has 6 nitrogen and oxygen atoms in total. The minimum absolute atomic E-state index is 0.789. The third kappa shape index (κ3) is 2.03. The number of nitrogens with zero attached hydrogens (tertiary/aromatic N) is 6. The van der Waals surface area contributed by atoms with Crippen LogP contribution in [0.5, 0.6) is 0 Å². The van der Waals surface area contributed by atoms with Gasteiger partial charge in [-0.15, -0.1) is 20.4 Å². The molecule has 2 aromatic heterocycles. The van der Waals surface area contributed by atoms with Crippen LogP contribution in [0, 0.1) is 0 Å². The average Bonchev–Trinajstić information content (AvgIpc) is 2.49. The number of rotatable bonds is 2. The minimum atomic E-state index is 0.789. The van der Waals surface area contributed by atoms with Crippen molar-refractivity contribution in [3.63, 3.8) is 0 Å². The fourth-order valence-electron chi connectivity index (χ4n) is 1.60. The summed E-state index contributed by atoms with van der Waals surface area (Å²) in [6.07, 6.45) is 3.23. The van der Waals surface area contributed by atoms with Crippen molar-refractivity contribution in [3.05, 3.63) is 48.8 Å². The molecule has 0 unspecified atom stereocenters. The predicted molar refractivity (Wildman–Crippen MR) is 64.1 cm³/mol. The van der Waals surface area contributed by atoms with Crippen LogP contribution in [0.4, 0.5) is 0 Å². The van der Waals surface area contributed by atoms with Gasteiger partial charge in [-0.2, -0.15) is 0 Å². The van der Waals surface area contributed by atoms with Gasteiger partial charge in [-0.1, -0.05) is 24.3 Å². The molecule has 0 fully saturated rings. The Hall–Kier alpha value is -2.76. The zero-order valence-electron chi connectivity index (χ0n) is 9.30. The molecule has 1 aromatic carbocycles. The van der Waals surface area contributed by atoms with Crippen molar-refractivity contribution in [2.75, 3.05) is 0 Å². The number of aromatic nitrogens is 6. The van der Waals surface area contributed by atoms with Crippen molar-refractivity contribution in [1.29, 1.82) is 0 Å².